The van der Waals surface area contributed by atoms with Crippen molar-refractivity contribution in [1.82, 2.24) is 20.2 Å². The van der Waals surface area contributed by atoms with E-state index in [1.54, 1.807) is 5.51 Å². The summed E-state index contributed by atoms with van der Waals surface area (Å²) in [6.45, 7) is 2.84. The van der Waals surface area contributed by atoms with Gasteiger partial charge in [0.25, 0.3) is 0 Å². The highest BCUT2D eigenvalue weighted by molar-refractivity contribution is 9.10. The van der Waals surface area contributed by atoms with Gasteiger partial charge in [-0.15, -0.1) is 10.2 Å². The van der Waals surface area contributed by atoms with Crippen LogP contribution in [-0.2, 0) is 0 Å². The minimum Gasteiger partial charge on any atom is -0.369 e. The van der Waals surface area contributed by atoms with Gasteiger partial charge in [0.2, 0.25) is 0 Å². The number of hydrogen-bond donors (Lipinski definition) is 1. The lowest BCUT2D eigenvalue weighted by atomic mass is 10.5. The van der Waals surface area contributed by atoms with Crippen molar-refractivity contribution in [2.24, 2.45) is 0 Å². The second-order valence-electron chi connectivity index (χ2n) is 2.68. The molecule has 0 radical (unpaired) electrons. The molecule has 0 aliphatic carbocycles. The highest BCUT2D eigenvalue weighted by Crippen LogP contribution is 2.34. The van der Waals surface area contributed by atoms with Gasteiger partial charge in [0.15, 0.2) is 4.34 Å². The first-order valence-corrected chi connectivity index (χ1v) is 6.98. The molecule has 0 aromatic carbocycles. The zero-order valence-electron chi connectivity index (χ0n) is 8.35. The molecule has 0 unspecified atom stereocenters. The van der Waals surface area contributed by atoms with E-state index in [1.165, 1.54) is 29.4 Å². The molecule has 0 spiro atoms. The molecule has 2 aromatic heterocycles. The number of aromatic nitrogens is 4. The van der Waals surface area contributed by atoms with E-state index in [4.69, 9.17) is 0 Å². The van der Waals surface area contributed by atoms with E-state index in [9.17, 15) is 0 Å². The fourth-order valence-electron chi connectivity index (χ4n) is 1.01. The maximum absolute atomic E-state index is 4.20. The Balaban J connectivity index is 2.24. The summed E-state index contributed by atoms with van der Waals surface area (Å²) in [4.78, 5) is 8.34. The molecule has 2 heterocycles. The molecule has 1 N–H and O–H groups in total. The minimum atomic E-state index is 0.796. The Hall–Kier alpha value is -0.730. The topological polar surface area (TPSA) is 63.6 Å². The molecular formula is C8H8BrN5S2. The zero-order chi connectivity index (χ0) is 11.4. The van der Waals surface area contributed by atoms with Crippen molar-refractivity contribution in [2.45, 2.75) is 16.3 Å². The van der Waals surface area contributed by atoms with Crippen LogP contribution in [0.5, 0.6) is 0 Å². The molecule has 0 aliphatic heterocycles. The predicted octanol–water partition coefficient (Wildman–Crippen LogP) is 2.67. The summed E-state index contributed by atoms with van der Waals surface area (Å²) in [5.74, 6) is 0.796. The van der Waals surface area contributed by atoms with Crippen LogP contribution in [0, 0.1) is 0 Å². The van der Waals surface area contributed by atoms with Crippen molar-refractivity contribution in [2.75, 3.05) is 11.9 Å². The summed E-state index contributed by atoms with van der Waals surface area (Å²) in [7, 11) is 0. The lowest BCUT2D eigenvalue weighted by Gasteiger charge is -2.06. The summed E-state index contributed by atoms with van der Waals surface area (Å²) in [6.07, 6.45) is 1.53. The highest BCUT2D eigenvalue weighted by atomic mass is 79.9. The molecule has 0 amide bonds. The molecule has 8 heteroatoms. The molecule has 16 heavy (non-hydrogen) atoms. The van der Waals surface area contributed by atoms with E-state index in [-0.39, 0.29) is 0 Å². The third-order valence-electron chi connectivity index (χ3n) is 1.63. The molecule has 0 atom stereocenters. The fourth-order valence-corrected chi connectivity index (χ4v) is 2.97. The van der Waals surface area contributed by atoms with Crippen molar-refractivity contribution in [1.29, 1.82) is 0 Å². The minimum absolute atomic E-state index is 0.796. The smallest absolute Gasteiger partial charge is 0.180 e. The molecule has 2 aromatic rings. The van der Waals surface area contributed by atoms with Crippen molar-refractivity contribution in [3.63, 3.8) is 0 Å². The summed E-state index contributed by atoms with van der Waals surface area (Å²) in [5.41, 5.74) is 1.70. The largest absolute Gasteiger partial charge is 0.369 e. The van der Waals surface area contributed by atoms with Gasteiger partial charge in [-0.25, -0.2) is 9.97 Å². The van der Waals surface area contributed by atoms with Crippen molar-refractivity contribution >= 4 is 44.8 Å². The number of hydrogen-bond acceptors (Lipinski definition) is 7. The number of nitrogens with zero attached hydrogens (tertiary/aromatic N) is 4. The maximum atomic E-state index is 4.20. The first kappa shape index (κ1) is 11.7. The van der Waals surface area contributed by atoms with E-state index in [0.717, 1.165) is 26.2 Å². The van der Waals surface area contributed by atoms with Gasteiger partial charge in [-0.05, 0) is 34.6 Å². The molecule has 0 fully saturated rings. The van der Waals surface area contributed by atoms with E-state index in [1.807, 2.05) is 6.92 Å². The number of anilines is 1. The van der Waals surface area contributed by atoms with Gasteiger partial charge < -0.3 is 5.32 Å². The predicted molar refractivity (Wildman–Crippen MR) is 67.9 cm³/mol. The molecule has 0 bridgehead atoms. The van der Waals surface area contributed by atoms with Gasteiger partial charge in [0.05, 0.1) is 4.47 Å². The van der Waals surface area contributed by atoms with Gasteiger partial charge in [0.1, 0.15) is 22.7 Å². The average Bonchev–Trinajstić information content (AvgIpc) is 2.77. The van der Waals surface area contributed by atoms with Crippen LogP contribution < -0.4 is 5.32 Å². The van der Waals surface area contributed by atoms with Crippen LogP contribution in [0.2, 0.25) is 0 Å². The van der Waals surface area contributed by atoms with Gasteiger partial charge in [-0.2, -0.15) is 0 Å². The fraction of sp³-hybridized carbons (Fsp3) is 0.250. The first-order valence-electron chi connectivity index (χ1n) is 4.49. The standard InChI is InChI=1S/C8H8BrN5S2/c1-2-10-6-5(9)7(12-3-11-6)16-8-14-13-4-15-8/h3-4H,2H2,1H3,(H,10,11,12). The van der Waals surface area contributed by atoms with Gasteiger partial charge in [0, 0.05) is 6.54 Å². The van der Waals surface area contributed by atoms with Crippen LogP contribution in [-0.4, -0.2) is 26.7 Å². The SMILES string of the molecule is CCNc1ncnc(Sc2nncs2)c1Br. The Morgan fingerprint density at radius 3 is 3.06 bits per heavy atom. The zero-order valence-corrected chi connectivity index (χ0v) is 11.6. The van der Waals surface area contributed by atoms with Gasteiger partial charge >= 0.3 is 0 Å². The Labute approximate surface area is 109 Å². The van der Waals surface area contributed by atoms with Gasteiger partial charge in [-0.3, -0.25) is 0 Å². The number of halogens is 1. The van der Waals surface area contributed by atoms with Crippen LogP contribution in [0.15, 0.2) is 25.7 Å². The third-order valence-corrected chi connectivity index (χ3v) is 4.42. The molecule has 0 aliphatic rings. The monoisotopic (exact) mass is 317 g/mol. The van der Waals surface area contributed by atoms with Crippen LogP contribution in [0.25, 0.3) is 0 Å². The Kier molecular flexibility index (Phi) is 4.08. The summed E-state index contributed by atoms with van der Waals surface area (Å²) < 4.78 is 1.72. The normalized spacial score (nSPS) is 10.4. The summed E-state index contributed by atoms with van der Waals surface area (Å²) >= 11 is 6.43. The Bertz CT molecular complexity index is 461. The van der Waals surface area contributed by atoms with E-state index < -0.39 is 0 Å². The molecule has 2 rings (SSSR count). The highest BCUT2D eigenvalue weighted by Gasteiger charge is 2.10. The van der Waals surface area contributed by atoms with Gasteiger partial charge in [-0.1, -0.05) is 11.3 Å². The summed E-state index contributed by atoms with van der Waals surface area (Å²) in [6, 6.07) is 0. The molecule has 0 saturated carbocycles. The molecule has 5 nitrogen and oxygen atoms in total. The van der Waals surface area contributed by atoms with Crippen molar-refractivity contribution in [3.8, 4) is 0 Å². The van der Waals surface area contributed by atoms with Crippen molar-refractivity contribution < 1.29 is 0 Å². The van der Waals surface area contributed by atoms with E-state index in [2.05, 4.69) is 41.4 Å². The number of rotatable bonds is 4. The van der Waals surface area contributed by atoms with Crippen LogP contribution in [0.3, 0.4) is 0 Å². The number of nitrogens with one attached hydrogen (secondary N) is 1. The van der Waals surface area contributed by atoms with Crippen molar-refractivity contribution in [3.05, 3.63) is 16.3 Å². The molecule has 0 saturated heterocycles. The van der Waals surface area contributed by atoms with Crippen LogP contribution >= 0.6 is 39.0 Å². The second kappa shape index (κ2) is 5.55. The van der Waals surface area contributed by atoms with Crippen LogP contribution in [0.1, 0.15) is 6.92 Å². The lowest BCUT2D eigenvalue weighted by molar-refractivity contribution is 0.988. The van der Waals surface area contributed by atoms with Crippen LogP contribution in [0.4, 0.5) is 5.82 Å². The quantitative estimate of drug-likeness (QED) is 0.875. The van der Waals surface area contributed by atoms with E-state index in [0.29, 0.717) is 0 Å². The summed E-state index contributed by atoms with van der Waals surface area (Å²) in [5, 5.41) is 11.7. The van der Waals surface area contributed by atoms with E-state index >= 15 is 0 Å². The molecular weight excluding hydrogens is 310 g/mol. The Morgan fingerprint density at radius 1 is 1.50 bits per heavy atom. The first-order chi connectivity index (χ1) is 7.81. The lowest BCUT2D eigenvalue weighted by Crippen LogP contribution is -2.01. The second-order valence-corrected chi connectivity index (χ2v) is 5.54. The molecule has 84 valence electrons. The Morgan fingerprint density at radius 2 is 2.38 bits per heavy atom. The third kappa shape index (κ3) is 2.69. The average molecular weight is 318 g/mol. The maximum Gasteiger partial charge on any atom is 0.180 e.